The van der Waals surface area contributed by atoms with Crippen molar-refractivity contribution in [3.63, 3.8) is 0 Å². The minimum absolute atomic E-state index is 0.273. The number of nitrogens with one attached hydrogen (secondary N) is 1. The van der Waals surface area contributed by atoms with Crippen molar-refractivity contribution >= 4 is 27.4 Å². The molecule has 6 nitrogen and oxygen atoms in total. The van der Waals surface area contributed by atoms with Gasteiger partial charge in [0.15, 0.2) is 5.78 Å². The Hall–Kier alpha value is -2.09. The van der Waals surface area contributed by atoms with Crippen LogP contribution >= 0.6 is 11.6 Å². The van der Waals surface area contributed by atoms with Gasteiger partial charge in [0.1, 0.15) is 18.1 Å². The van der Waals surface area contributed by atoms with Crippen LogP contribution in [0, 0.1) is 0 Å². The number of unbranched alkanes of at least 4 members (excludes halogenated alkanes) is 1. The summed E-state index contributed by atoms with van der Waals surface area (Å²) in [5.41, 5.74) is 1.80. The number of benzene rings is 2. The van der Waals surface area contributed by atoms with Crippen LogP contribution in [0.15, 0.2) is 42.5 Å². The lowest BCUT2D eigenvalue weighted by Gasteiger charge is -2.27. The van der Waals surface area contributed by atoms with E-state index in [4.69, 9.17) is 21.1 Å². The van der Waals surface area contributed by atoms with Crippen LogP contribution in [0.4, 0.5) is 0 Å². The highest BCUT2D eigenvalue weighted by molar-refractivity contribution is 7.88. The molecule has 0 aromatic heterocycles. The quantitative estimate of drug-likeness (QED) is 0.469. The minimum Gasteiger partial charge on any atom is -0.494 e. The lowest BCUT2D eigenvalue weighted by Crippen LogP contribution is -2.31. The lowest BCUT2D eigenvalue weighted by atomic mass is 9.78. The zero-order chi connectivity index (χ0) is 23.1. The first-order chi connectivity index (χ1) is 14.5. The molecule has 0 radical (unpaired) electrons. The third-order valence-electron chi connectivity index (χ3n) is 4.92. The molecular formula is C23H30ClNO5S. The van der Waals surface area contributed by atoms with Gasteiger partial charge in [-0.05, 0) is 41.8 Å². The Kier molecular flexibility index (Phi) is 8.91. The van der Waals surface area contributed by atoms with Crippen molar-refractivity contribution in [1.29, 1.82) is 0 Å². The second kappa shape index (κ2) is 11.0. The molecule has 0 bridgehead atoms. The standard InChI is InChI=1S/C23H30ClNO5S/c1-5-6-13-29-20-10-7-17(8-11-20)23(2,3)18-9-12-22(21(24)14-18)30-16-19(26)15-25-31(4,27)28/h7-12,14,25H,5-6,13,15-16H2,1-4H3. The van der Waals surface area contributed by atoms with Crippen molar-refractivity contribution in [3.8, 4) is 11.5 Å². The maximum atomic E-state index is 11.8. The first kappa shape index (κ1) is 25.2. The Balaban J connectivity index is 2.04. The van der Waals surface area contributed by atoms with Gasteiger partial charge in [-0.3, -0.25) is 4.79 Å². The van der Waals surface area contributed by atoms with Gasteiger partial charge < -0.3 is 9.47 Å². The summed E-state index contributed by atoms with van der Waals surface area (Å²) in [6.07, 6.45) is 3.11. The molecule has 0 aliphatic heterocycles. The van der Waals surface area contributed by atoms with Crippen LogP contribution in [0.25, 0.3) is 0 Å². The van der Waals surface area contributed by atoms with Gasteiger partial charge in [-0.1, -0.05) is 57.0 Å². The molecular weight excluding hydrogens is 438 g/mol. The van der Waals surface area contributed by atoms with Crippen molar-refractivity contribution < 1.29 is 22.7 Å². The SMILES string of the molecule is CCCCOc1ccc(C(C)(C)c2ccc(OCC(=O)CNS(C)(=O)=O)c(Cl)c2)cc1. The summed E-state index contributed by atoms with van der Waals surface area (Å²) in [6, 6.07) is 13.5. The summed E-state index contributed by atoms with van der Waals surface area (Å²) >= 11 is 6.38. The summed E-state index contributed by atoms with van der Waals surface area (Å²) in [5.74, 6) is 0.825. The molecule has 2 rings (SSSR count). The Morgan fingerprint density at radius 2 is 1.71 bits per heavy atom. The normalized spacial score (nSPS) is 11.9. The molecule has 0 saturated heterocycles. The number of rotatable bonds is 12. The van der Waals surface area contributed by atoms with Crippen molar-refractivity contribution in [1.82, 2.24) is 4.72 Å². The molecule has 2 aromatic carbocycles. The van der Waals surface area contributed by atoms with Crippen molar-refractivity contribution in [3.05, 3.63) is 58.6 Å². The van der Waals surface area contributed by atoms with Crippen molar-refractivity contribution in [2.45, 2.75) is 39.0 Å². The number of hydrogen-bond donors (Lipinski definition) is 1. The van der Waals surface area contributed by atoms with Gasteiger partial charge in [-0.15, -0.1) is 0 Å². The number of carbonyl (C=O) groups excluding carboxylic acids is 1. The smallest absolute Gasteiger partial charge is 0.209 e. The maximum Gasteiger partial charge on any atom is 0.209 e. The highest BCUT2D eigenvalue weighted by Gasteiger charge is 2.24. The Bertz CT molecular complexity index is 988. The van der Waals surface area contributed by atoms with Crippen LogP contribution < -0.4 is 14.2 Å². The number of ketones is 1. The van der Waals surface area contributed by atoms with Crippen molar-refractivity contribution in [2.75, 3.05) is 26.0 Å². The van der Waals surface area contributed by atoms with E-state index in [1.807, 2.05) is 36.4 Å². The van der Waals surface area contributed by atoms with E-state index in [1.54, 1.807) is 6.07 Å². The third-order valence-corrected chi connectivity index (χ3v) is 5.88. The van der Waals surface area contributed by atoms with E-state index >= 15 is 0 Å². The van der Waals surface area contributed by atoms with Gasteiger partial charge in [-0.2, -0.15) is 0 Å². The fourth-order valence-corrected chi connectivity index (χ4v) is 3.55. The van der Waals surface area contributed by atoms with Gasteiger partial charge in [0.05, 0.1) is 24.4 Å². The molecule has 0 atom stereocenters. The second-order valence-electron chi connectivity index (χ2n) is 7.92. The molecule has 0 aliphatic carbocycles. The van der Waals surface area contributed by atoms with Gasteiger partial charge in [0, 0.05) is 5.41 Å². The minimum atomic E-state index is -3.43. The molecule has 31 heavy (non-hydrogen) atoms. The highest BCUT2D eigenvalue weighted by atomic mass is 35.5. The first-order valence-electron chi connectivity index (χ1n) is 10.2. The second-order valence-corrected chi connectivity index (χ2v) is 10.2. The van der Waals surface area contributed by atoms with E-state index in [9.17, 15) is 13.2 Å². The number of sulfonamides is 1. The van der Waals surface area contributed by atoms with E-state index in [-0.39, 0.29) is 18.6 Å². The zero-order valence-corrected chi connectivity index (χ0v) is 20.0. The summed E-state index contributed by atoms with van der Waals surface area (Å²) in [6.45, 7) is 6.46. The Labute approximate surface area is 190 Å². The number of Topliss-reactive ketones (excluding diaryl/α,β-unsaturated/α-hetero) is 1. The number of carbonyl (C=O) groups is 1. The molecule has 0 amide bonds. The van der Waals surface area contributed by atoms with E-state index in [1.165, 1.54) is 0 Å². The van der Waals surface area contributed by atoms with Crippen molar-refractivity contribution in [2.24, 2.45) is 0 Å². The fourth-order valence-electron chi connectivity index (χ4n) is 2.90. The molecule has 0 spiro atoms. The number of halogens is 1. The molecule has 0 unspecified atom stereocenters. The maximum absolute atomic E-state index is 11.8. The van der Waals surface area contributed by atoms with Gasteiger partial charge in [0.25, 0.3) is 0 Å². The van der Waals surface area contributed by atoms with Gasteiger partial charge >= 0.3 is 0 Å². The van der Waals surface area contributed by atoms with E-state index < -0.39 is 15.8 Å². The largest absolute Gasteiger partial charge is 0.494 e. The highest BCUT2D eigenvalue weighted by Crippen LogP contribution is 2.36. The molecule has 1 N–H and O–H groups in total. The monoisotopic (exact) mass is 467 g/mol. The number of hydrogen-bond acceptors (Lipinski definition) is 5. The van der Waals surface area contributed by atoms with Gasteiger partial charge in [-0.25, -0.2) is 13.1 Å². The van der Waals surface area contributed by atoms with Crippen LogP contribution in [-0.4, -0.2) is 40.2 Å². The molecule has 0 aliphatic rings. The van der Waals surface area contributed by atoms with Crippen LogP contribution in [0.5, 0.6) is 11.5 Å². The van der Waals surface area contributed by atoms with Crippen LogP contribution in [0.1, 0.15) is 44.7 Å². The molecule has 0 saturated carbocycles. The number of ether oxygens (including phenoxy) is 2. The van der Waals surface area contributed by atoms with Crippen LogP contribution in [0.3, 0.4) is 0 Å². The summed E-state index contributed by atoms with van der Waals surface area (Å²) in [5, 5.41) is 0.383. The zero-order valence-electron chi connectivity index (χ0n) is 18.4. The topological polar surface area (TPSA) is 81.7 Å². The fraction of sp³-hybridized carbons (Fsp3) is 0.435. The van der Waals surface area contributed by atoms with Crippen LogP contribution in [-0.2, 0) is 20.2 Å². The predicted molar refractivity (Wildman–Crippen MR) is 124 cm³/mol. The van der Waals surface area contributed by atoms with Crippen LogP contribution in [0.2, 0.25) is 5.02 Å². The average molecular weight is 468 g/mol. The summed E-state index contributed by atoms with van der Waals surface area (Å²) in [4.78, 5) is 11.8. The summed E-state index contributed by atoms with van der Waals surface area (Å²) < 4.78 is 35.5. The third kappa shape index (κ3) is 7.83. The molecule has 170 valence electrons. The molecule has 2 aromatic rings. The molecule has 8 heteroatoms. The van der Waals surface area contributed by atoms with E-state index in [2.05, 4.69) is 25.5 Å². The average Bonchev–Trinajstić information content (AvgIpc) is 2.71. The molecule has 0 heterocycles. The van der Waals surface area contributed by atoms with Gasteiger partial charge in [0.2, 0.25) is 10.0 Å². The predicted octanol–water partition coefficient (Wildman–Crippen LogP) is 4.34. The first-order valence-corrected chi connectivity index (χ1v) is 12.4. The lowest BCUT2D eigenvalue weighted by molar-refractivity contribution is -0.119. The van der Waals surface area contributed by atoms with E-state index in [0.29, 0.717) is 17.4 Å². The summed E-state index contributed by atoms with van der Waals surface area (Å²) in [7, 11) is -3.43. The molecule has 0 fully saturated rings. The Morgan fingerprint density at radius 1 is 1.06 bits per heavy atom. The Morgan fingerprint density at radius 3 is 2.29 bits per heavy atom. The van der Waals surface area contributed by atoms with E-state index in [0.717, 1.165) is 36.0 Å².